The van der Waals surface area contributed by atoms with E-state index in [4.69, 9.17) is 23.2 Å². The third-order valence-corrected chi connectivity index (χ3v) is 4.05. The number of benzene rings is 2. The molecule has 0 radical (unpaired) electrons. The number of allylic oxidation sites excluding steroid dienone is 1. The van der Waals surface area contributed by atoms with E-state index in [1.165, 1.54) is 24.3 Å². The van der Waals surface area contributed by atoms with Gasteiger partial charge in [-0.2, -0.15) is 13.2 Å². The lowest BCUT2D eigenvalue weighted by molar-refractivity contribution is -0.139. The first-order valence-electron chi connectivity index (χ1n) is 6.95. The molecule has 2 rings (SSSR count). The first-order valence-corrected chi connectivity index (χ1v) is 7.70. The van der Waals surface area contributed by atoms with Gasteiger partial charge in [-0.25, -0.2) is 0 Å². The molecule has 0 heterocycles. The van der Waals surface area contributed by atoms with Crippen molar-refractivity contribution in [1.29, 1.82) is 0 Å². The molecule has 0 aromatic heterocycles. The average Bonchev–Trinajstić information content (AvgIpc) is 2.40. The van der Waals surface area contributed by atoms with Crippen molar-refractivity contribution in [1.82, 2.24) is 0 Å². The Bertz CT molecular complexity index is 713. The fourth-order valence-corrected chi connectivity index (χ4v) is 2.78. The van der Waals surface area contributed by atoms with Crippen LogP contribution < -0.4 is 0 Å². The molecule has 5 heteroatoms. The molecular formula is C18H15Cl2F3. The van der Waals surface area contributed by atoms with E-state index in [1.54, 1.807) is 6.07 Å². The Morgan fingerprint density at radius 1 is 0.913 bits per heavy atom. The van der Waals surface area contributed by atoms with Crippen LogP contribution in [0.5, 0.6) is 0 Å². The van der Waals surface area contributed by atoms with Gasteiger partial charge in [0.1, 0.15) is 0 Å². The molecule has 0 saturated carbocycles. The second kappa shape index (κ2) is 6.98. The Labute approximate surface area is 143 Å². The summed E-state index contributed by atoms with van der Waals surface area (Å²) in [7, 11) is 0. The minimum absolute atomic E-state index is 0.0232. The van der Waals surface area contributed by atoms with Crippen molar-refractivity contribution in [2.24, 2.45) is 0 Å². The number of rotatable bonds is 3. The maximum atomic E-state index is 13.4. The van der Waals surface area contributed by atoms with Crippen LogP contribution in [0, 0.1) is 13.8 Å². The highest BCUT2D eigenvalue weighted by molar-refractivity contribution is 6.34. The normalized spacial score (nSPS) is 13.5. The quantitative estimate of drug-likeness (QED) is 0.555. The van der Waals surface area contributed by atoms with Crippen molar-refractivity contribution >= 4 is 29.3 Å². The molecule has 0 aliphatic heterocycles. The Balaban J connectivity index is 2.39. The standard InChI is InChI=1S/C18H15Cl2F3/c1-11-3-4-13(7-12(11)2)5-6-17(18(21,22)23)14-8-15(19)10-16(20)9-14/h3-10,17H,1-2H3/b6-5+. The zero-order valence-electron chi connectivity index (χ0n) is 12.6. The van der Waals surface area contributed by atoms with E-state index in [0.717, 1.165) is 22.8 Å². The highest BCUT2D eigenvalue weighted by Gasteiger charge is 2.39. The van der Waals surface area contributed by atoms with Crippen molar-refractivity contribution in [3.05, 3.63) is 74.8 Å². The minimum atomic E-state index is -4.43. The first kappa shape index (κ1) is 17.9. The molecule has 0 fully saturated rings. The smallest absolute Gasteiger partial charge is 0.170 e. The number of aryl methyl sites for hydroxylation is 2. The van der Waals surface area contributed by atoms with Crippen LogP contribution in [-0.2, 0) is 0 Å². The molecular weight excluding hydrogens is 344 g/mol. The van der Waals surface area contributed by atoms with E-state index in [2.05, 4.69) is 0 Å². The lowest BCUT2D eigenvalue weighted by atomic mass is 9.96. The highest BCUT2D eigenvalue weighted by atomic mass is 35.5. The monoisotopic (exact) mass is 358 g/mol. The number of alkyl halides is 3. The fraction of sp³-hybridized carbons (Fsp3) is 0.222. The van der Waals surface area contributed by atoms with Gasteiger partial charge in [0.2, 0.25) is 0 Å². The van der Waals surface area contributed by atoms with Crippen LogP contribution in [0.4, 0.5) is 13.2 Å². The number of hydrogen-bond donors (Lipinski definition) is 0. The van der Waals surface area contributed by atoms with E-state index in [0.29, 0.717) is 0 Å². The van der Waals surface area contributed by atoms with Gasteiger partial charge in [-0.3, -0.25) is 0 Å². The zero-order valence-corrected chi connectivity index (χ0v) is 14.1. The zero-order chi connectivity index (χ0) is 17.2. The summed E-state index contributed by atoms with van der Waals surface area (Å²) in [5, 5.41) is 0.364. The van der Waals surface area contributed by atoms with Crippen LogP contribution in [0.1, 0.15) is 28.2 Å². The molecule has 23 heavy (non-hydrogen) atoms. The van der Waals surface area contributed by atoms with Gasteiger partial charge in [-0.15, -0.1) is 0 Å². The third-order valence-electron chi connectivity index (χ3n) is 3.61. The van der Waals surface area contributed by atoms with Gasteiger partial charge in [0.25, 0.3) is 0 Å². The molecule has 0 aliphatic carbocycles. The average molecular weight is 359 g/mol. The van der Waals surface area contributed by atoms with Crippen LogP contribution in [0.15, 0.2) is 42.5 Å². The van der Waals surface area contributed by atoms with Crippen molar-refractivity contribution < 1.29 is 13.2 Å². The van der Waals surface area contributed by atoms with E-state index in [1.807, 2.05) is 26.0 Å². The molecule has 0 bridgehead atoms. The topological polar surface area (TPSA) is 0 Å². The summed E-state index contributed by atoms with van der Waals surface area (Å²) >= 11 is 11.6. The summed E-state index contributed by atoms with van der Waals surface area (Å²) in [4.78, 5) is 0. The molecule has 0 amide bonds. The second-order valence-electron chi connectivity index (χ2n) is 5.42. The second-order valence-corrected chi connectivity index (χ2v) is 6.30. The van der Waals surface area contributed by atoms with E-state index < -0.39 is 12.1 Å². The summed E-state index contributed by atoms with van der Waals surface area (Å²) in [6.45, 7) is 3.87. The van der Waals surface area contributed by atoms with Crippen molar-refractivity contribution in [3.8, 4) is 0 Å². The Morgan fingerprint density at radius 2 is 1.52 bits per heavy atom. The van der Waals surface area contributed by atoms with Crippen LogP contribution in [0.3, 0.4) is 0 Å². The third kappa shape index (κ3) is 4.76. The molecule has 0 aliphatic rings. The van der Waals surface area contributed by atoms with Crippen LogP contribution in [-0.4, -0.2) is 6.18 Å². The largest absolute Gasteiger partial charge is 0.399 e. The Morgan fingerprint density at radius 3 is 2.04 bits per heavy atom. The Kier molecular flexibility index (Phi) is 5.43. The maximum Gasteiger partial charge on any atom is 0.399 e. The molecule has 2 aromatic rings. The van der Waals surface area contributed by atoms with Gasteiger partial charge < -0.3 is 0 Å². The summed E-state index contributed by atoms with van der Waals surface area (Å²) < 4.78 is 40.1. The minimum Gasteiger partial charge on any atom is -0.170 e. The molecule has 2 aromatic carbocycles. The predicted octanol–water partition coefficient (Wildman–Crippen LogP) is 6.97. The fourth-order valence-electron chi connectivity index (χ4n) is 2.24. The molecule has 0 saturated heterocycles. The van der Waals surface area contributed by atoms with Gasteiger partial charge in [-0.1, -0.05) is 53.6 Å². The van der Waals surface area contributed by atoms with Crippen molar-refractivity contribution in [2.45, 2.75) is 25.9 Å². The number of hydrogen-bond acceptors (Lipinski definition) is 0. The van der Waals surface area contributed by atoms with Crippen molar-refractivity contribution in [3.63, 3.8) is 0 Å². The van der Waals surface area contributed by atoms with Crippen LogP contribution >= 0.6 is 23.2 Å². The summed E-state index contributed by atoms with van der Waals surface area (Å²) in [6.07, 6.45) is -1.82. The lowest BCUT2D eigenvalue weighted by Crippen LogP contribution is -2.18. The van der Waals surface area contributed by atoms with Gasteiger partial charge in [0.15, 0.2) is 0 Å². The van der Waals surface area contributed by atoms with Crippen LogP contribution in [0.25, 0.3) is 6.08 Å². The van der Waals surface area contributed by atoms with E-state index >= 15 is 0 Å². The maximum absolute atomic E-state index is 13.4. The van der Waals surface area contributed by atoms with Gasteiger partial charge in [0.05, 0.1) is 5.92 Å². The molecule has 0 N–H and O–H groups in total. The van der Waals surface area contributed by atoms with E-state index in [-0.39, 0.29) is 15.6 Å². The van der Waals surface area contributed by atoms with Crippen LogP contribution in [0.2, 0.25) is 10.0 Å². The molecule has 0 spiro atoms. The summed E-state index contributed by atoms with van der Waals surface area (Å²) in [5.74, 6) is -1.76. The SMILES string of the molecule is Cc1ccc(/C=C/C(c2cc(Cl)cc(Cl)c2)C(F)(F)F)cc1C. The molecule has 1 unspecified atom stereocenters. The van der Waals surface area contributed by atoms with Gasteiger partial charge >= 0.3 is 6.18 Å². The summed E-state index contributed by atoms with van der Waals surface area (Å²) in [6, 6.07) is 9.51. The van der Waals surface area contributed by atoms with Gasteiger partial charge in [0, 0.05) is 10.0 Å². The molecule has 1 atom stereocenters. The summed E-state index contributed by atoms with van der Waals surface area (Å²) in [5.41, 5.74) is 2.86. The van der Waals surface area contributed by atoms with Crippen molar-refractivity contribution in [2.75, 3.05) is 0 Å². The number of halogens is 5. The highest BCUT2D eigenvalue weighted by Crippen LogP contribution is 2.38. The predicted molar refractivity (Wildman–Crippen MR) is 90.2 cm³/mol. The lowest BCUT2D eigenvalue weighted by Gasteiger charge is -2.18. The first-order chi connectivity index (χ1) is 10.7. The Hall–Kier alpha value is -1.45. The van der Waals surface area contributed by atoms with Gasteiger partial charge in [-0.05, 0) is 54.3 Å². The molecule has 122 valence electrons. The molecule has 0 nitrogen and oxygen atoms in total. The van der Waals surface area contributed by atoms with E-state index in [9.17, 15) is 13.2 Å².